The fourth-order valence-corrected chi connectivity index (χ4v) is 7.52. The lowest BCUT2D eigenvalue weighted by atomic mass is 10.1. The van der Waals surface area contributed by atoms with E-state index >= 15 is 0 Å². The van der Waals surface area contributed by atoms with Gasteiger partial charge in [-0.05, 0) is 46.6 Å². The Morgan fingerprint density at radius 2 is 1.91 bits per heavy atom. The lowest BCUT2D eigenvalue weighted by Crippen LogP contribution is -2.20. The average molecular weight is 559 g/mol. The first kappa shape index (κ1) is 22.9. The second-order valence-corrected chi connectivity index (χ2v) is 11.3. The standard InChI is InChI=1S/C23H19BrN4O4S2/c1-3-16-20-17(23(30)27(2)26-16)18(24)21(33-20)19(29)15-12-28(22-14(15)10-7-11-25-22)34(31,32)13-8-5-4-6-9-13/h4-12,19,29H,3H2,1-2H3. The number of halogens is 1. The number of aromatic nitrogens is 4. The molecule has 0 saturated heterocycles. The molecule has 11 heteroatoms. The van der Waals surface area contributed by atoms with Crippen molar-refractivity contribution in [3.8, 4) is 0 Å². The zero-order chi connectivity index (χ0) is 24.2. The van der Waals surface area contributed by atoms with Crippen molar-refractivity contribution in [2.75, 3.05) is 0 Å². The van der Waals surface area contributed by atoms with Crippen LogP contribution in [0.2, 0.25) is 0 Å². The quantitative estimate of drug-likeness (QED) is 0.349. The third-order valence-corrected chi connectivity index (χ3v) is 9.70. The van der Waals surface area contributed by atoms with E-state index in [0.717, 1.165) is 9.67 Å². The van der Waals surface area contributed by atoms with E-state index in [1.165, 1.54) is 40.5 Å². The SMILES string of the molecule is CCc1nn(C)c(=O)c2c(Br)c(C(O)c3cn(S(=O)(=O)c4ccccc4)c4ncccc34)sc12. The second kappa shape index (κ2) is 8.42. The number of rotatable bonds is 5. The van der Waals surface area contributed by atoms with E-state index in [2.05, 4.69) is 26.0 Å². The Balaban J connectivity index is 1.74. The van der Waals surface area contributed by atoms with Crippen molar-refractivity contribution in [3.63, 3.8) is 0 Å². The van der Waals surface area contributed by atoms with Gasteiger partial charge in [-0.3, -0.25) is 4.79 Å². The van der Waals surface area contributed by atoms with E-state index in [-0.39, 0.29) is 16.1 Å². The number of benzene rings is 1. The van der Waals surface area contributed by atoms with Crippen LogP contribution in [0.4, 0.5) is 0 Å². The van der Waals surface area contributed by atoms with Gasteiger partial charge in [0.1, 0.15) is 6.10 Å². The van der Waals surface area contributed by atoms with Crippen LogP contribution < -0.4 is 5.56 Å². The summed E-state index contributed by atoms with van der Waals surface area (Å²) in [6.07, 6.45) is 2.33. The van der Waals surface area contributed by atoms with Crippen LogP contribution in [-0.4, -0.2) is 32.3 Å². The first-order valence-corrected chi connectivity index (χ1v) is 13.4. The highest BCUT2D eigenvalue weighted by atomic mass is 79.9. The summed E-state index contributed by atoms with van der Waals surface area (Å²) in [6.45, 7) is 1.95. The van der Waals surface area contributed by atoms with Gasteiger partial charge in [0, 0.05) is 34.9 Å². The minimum absolute atomic E-state index is 0.115. The summed E-state index contributed by atoms with van der Waals surface area (Å²) >= 11 is 4.78. The summed E-state index contributed by atoms with van der Waals surface area (Å²) in [7, 11) is -2.35. The topological polar surface area (TPSA) is 107 Å². The molecule has 1 N–H and O–H groups in total. The summed E-state index contributed by atoms with van der Waals surface area (Å²) in [6, 6.07) is 11.5. The highest BCUT2D eigenvalue weighted by Gasteiger charge is 2.29. The normalized spacial score (nSPS) is 13.1. The van der Waals surface area contributed by atoms with Gasteiger partial charge in [-0.15, -0.1) is 11.3 Å². The molecule has 0 bridgehead atoms. The lowest BCUT2D eigenvalue weighted by molar-refractivity contribution is 0.225. The summed E-state index contributed by atoms with van der Waals surface area (Å²) in [5, 5.41) is 16.8. The number of hydrogen-bond acceptors (Lipinski definition) is 7. The molecule has 5 rings (SSSR count). The summed E-state index contributed by atoms with van der Waals surface area (Å²) in [5.41, 5.74) is 1.06. The number of aliphatic hydroxyl groups is 1. The van der Waals surface area contributed by atoms with Gasteiger partial charge >= 0.3 is 0 Å². The first-order chi connectivity index (χ1) is 16.3. The van der Waals surface area contributed by atoms with Crippen molar-refractivity contribution in [3.05, 3.63) is 85.8 Å². The maximum Gasteiger partial charge on any atom is 0.276 e. The van der Waals surface area contributed by atoms with Crippen LogP contribution in [0.15, 0.2) is 69.0 Å². The molecular weight excluding hydrogens is 540 g/mol. The smallest absolute Gasteiger partial charge is 0.276 e. The number of aryl methyl sites for hydroxylation is 2. The Kier molecular flexibility index (Phi) is 5.67. The summed E-state index contributed by atoms with van der Waals surface area (Å²) < 4.78 is 30.3. The van der Waals surface area contributed by atoms with Crippen LogP contribution in [0, 0.1) is 0 Å². The zero-order valence-corrected chi connectivity index (χ0v) is 21.4. The maximum atomic E-state index is 13.4. The van der Waals surface area contributed by atoms with Crippen molar-refractivity contribution in [2.24, 2.45) is 7.05 Å². The Labute approximate surface area is 207 Å². The number of thiophene rings is 1. The van der Waals surface area contributed by atoms with E-state index < -0.39 is 16.1 Å². The van der Waals surface area contributed by atoms with Crippen molar-refractivity contribution in [1.82, 2.24) is 18.7 Å². The maximum absolute atomic E-state index is 13.4. The van der Waals surface area contributed by atoms with E-state index in [1.807, 2.05) is 6.92 Å². The van der Waals surface area contributed by atoms with Gasteiger partial charge in [-0.25, -0.2) is 22.1 Å². The molecule has 4 heterocycles. The molecule has 1 atom stereocenters. The van der Waals surface area contributed by atoms with Crippen LogP contribution in [-0.2, 0) is 23.5 Å². The number of nitrogens with zero attached hydrogens (tertiary/aromatic N) is 4. The molecule has 8 nitrogen and oxygen atoms in total. The zero-order valence-electron chi connectivity index (χ0n) is 18.1. The van der Waals surface area contributed by atoms with Gasteiger partial charge in [-0.1, -0.05) is 25.1 Å². The van der Waals surface area contributed by atoms with Crippen LogP contribution >= 0.6 is 27.3 Å². The van der Waals surface area contributed by atoms with Gasteiger partial charge in [0.05, 0.1) is 25.6 Å². The largest absolute Gasteiger partial charge is 0.383 e. The molecule has 5 aromatic rings. The molecule has 0 radical (unpaired) electrons. The molecule has 174 valence electrons. The molecule has 1 aromatic carbocycles. The van der Waals surface area contributed by atoms with Gasteiger partial charge in [0.25, 0.3) is 15.6 Å². The van der Waals surface area contributed by atoms with Crippen molar-refractivity contribution in [2.45, 2.75) is 24.3 Å². The molecule has 0 aliphatic carbocycles. The Bertz CT molecular complexity index is 1720. The van der Waals surface area contributed by atoms with Gasteiger partial charge in [-0.2, -0.15) is 5.10 Å². The molecule has 34 heavy (non-hydrogen) atoms. The molecule has 0 saturated carbocycles. The predicted molar refractivity (Wildman–Crippen MR) is 135 cm³/mol. The Morgan fingerprint density at radius 1 is 1.18 bits per heavy atom. The molecule has 1 unspecified atom stereocenters. The van der Waals surface area contributed by atoms with Crippen molar-refractivity contribution >= 4 is 58.4 Å². The minimum Gasteiger partial charge on any atom is -0.383 e. The number of aliphatic hydroxyl groups excluding tert-OH is 1. The second-order valence-electron chi connectivity index (χ2n) is 7.69. The fourth-order valence-electron chi connectivity index (χ4n) is 3.97. The van der Waals surface area contributed by atoms with Gasteiger partial charge in [0.15, 0.2) is 5.65 Å². The molecule has 0 spiro atoms. The van der Waals surface area contributed by atoms with Gasteiger partial charge < -0.3 is 5.11 Å². The minimum atomic E-state index is -3.95. The van der Waals surface area contributed by atoms with E-state index in [9.17, 15) is 18.3 Å². The molecule has 0 aliphatic heterocycles. The monoisotopic (exact) mass is 558 g/mol. The van der Waals surface area contributed by atoms with Crippen molar-refractivity contribution < 1.29 is 13.5 Å². The number of pyridine rings is 1. The van der Waals surface area contributed by atoms with Crippen LogP contribution in [0.5, 0.6) is 0 Å². The highest BCUT2D eigenvalue weighted by molar-refractivity contribution is 9.10. The van der Waals surface area contributed by atoms with Gasteiger partial charge in [0.2, 0.25) is 0 Å². The Morgan fingerprint density at radius 3 is 2.62 bits per heavy atom. The van der Waals surface area contributed by atoms with Crippen molar-refractivity contribution in [1.29, 1.82) is 0 Å². The number of hydrogen-bond donors (Lipinski definition) is 1. The molecule has 0 aliphatic rings. The predicted octanol–water partition coefficient (Wildman–Crippen LogP) is 3.99. The number of fused-ring (bicyclic) bond motifs is 2. The summed E-state index contributed by atoms with van der Waals surface area (Å²) in [4.78, 5) is 17.7. The first-order valence-electron chi connectivity index (χ1n) is 10.4. The summed E-state index contributed by atoms with van der Waals surface area (Å²) in [5.74, 6) is 0. The third-order valence-electron chi connectivity index (χ3n) is 5.66. The fraction of sp³-hybridized carbons (Fsp3) is 0.174. The third kappa shape index (κ3) is 3.42. The van der Waals surface area contributed by atoms with E-state index in [1.54, 1.807) is 37.4 Å². The lowest BCUT2D eigenvalue weighted by Gasteiger charge is -2.08. The molecule has 0 amide bonds. The van der Waals surface area contributed by atoms with Crippen LogP contribution in [0.1, 0.15) is 29.2 Å². The van der Waals surface area contributed by atoms with E-state index in [4.69, 9.17) is 0 Å². The Hall–Kier alpha value is -2.86. The van der Waals surface area contributed by atoms with E-state index in [0.29, 0.717) is 36.8 Å². The molecular formula is C23H19BrN4O4S2. The average Bonchev–Trinajstić information content (AvgIpc) is 3.41. The molecule has 4 aromatic heterocycles. The molecule has 0 fully saturated rings. The van der Waals surface area contributed by atoms with Crippen LogP contribution in [0.25, 0.3) is 21.1 Å². The van der Waals surface area contributed by atoms with Crippen LogP contribution in [0.3, 0.4) is 0 Å². The highest BCUT2D eigenvalue weighted by Crippen LogP contribution is 2.42.